The quantitative estimate of drug-likeness (QED) is 0.895. The van der Waals surface area contributed by atoms with Gasteiger partial charge in [-0.2, -0.15) is 13.2 Å². The SMILES string of the molecule is CCN(CC)Cc1ccccc1NC(=O)C(F)(F)F. The van der Waals surface area contributed by atoms with Crippen molar-refractivity contribution >= 4 is 11.6 Å². The van der Waals surface area contributed by atoms with Crippen molar-refractivity contribution in [1.82, 2.24) is 4.90 Å². The third kappa shape index (κ3) is 4.55. The van der Waals surface area contributed by atoms with Crippen molar-refractivity contribution in [3.63, 3.8) is 0 Å². The number of nitrogens with one attached hydrogen (secondary N) is 1. The number of anilines is 1. The van der Waals surface area contributed by atoms with Crippen LogP contribution in [0.4, 0.5) is 18.9 Å². The highest BCUT2D eigenvalue weighted by Crippen LogP contribution is 2.21. The molecule has 1 rings (SSSR count). The Morgan fingerprint density at radius 1 is 1.21 bits per heavy atom. The zero-order valence-electron chi connectivity index (χ0n) is 10.9. The lowest BCUT2D eigenvalue weighted by Gasteiger charge is -2.20. The van der Waals surface area contributed by atoms with Crippen molar-refractivity contribution in [2.24, 2.45) is 0 Å². The van der Waals surface area contributed by atoms with Crippen LogP contribution in [-0.2, 0) is 11.3 Å². The number of nitrogens with zero attached hydrogens (tertiary/aromatic N) is 1. The van der Waals surface area contributed by atoms with E-state index >= 15 is 0 Å². The molecule has 0 aromatic heterocycles. The zero-order chi connectivity index (χ0) is 14.5. The maximum atomic E-state index is 12.2. The number of benzene rings is 1. The fourth-order valence-corrected chi connectivity index (χ4v) is 1.66. The number of rotatable bonds is 5. The highest BCUT2D eigenvalue weighted by atomic mass is 19.4. The molecule has 0 spiro atoms. The Balaban J connectivity index is 2.87. The van der Waals surface area contributed by atoms with Gasteiger partial charge in [-0.25, -0.2) is 0 Å². The van der Waals surface area contributed by atoms with Gasteiger partial charge in [-0.15, -0.1) is 0 Å². The maximum Gasteiger partial charge on any atom is 0.471 e. The second-order valence-corrected chi connectivity index (χ2v) is 4.07. The predicted molar refractivity (Wildman–Crippen MR) is 67.8 cm³/mol. The molecule has 0 saturated heterocycles. The molecule has 0 fully saturated rings. The molecule has 0 saturated carbocycles. The summed E-state index contributed by atoms with van der Waals surface area (Å²) in [5.41, 5.74) is 0.875. The highest BCUT2D eigenvalue weighted by Gasteiger charge is 2.38. The third-order valence-electron chi connectivity index (χ3n) is 2.81. The number of halogens is 3. The van der Waals surface area contributed by atoms with Crippen LogP contribution in [0, 0.1) is 0 Å². The lowest BCUT2D eigenvalue weighted by atomic mass is 10.1. The van der Waals surface area contributed by atoms with E-state index in [2.05, 4.69) is 4.90 Å². The monoisotopic (exact) mass is 274 g/mol. The van der Waals surface area contributed by atoms with Crippen LogP contribution in [-0.4, -0.2) is 30.1 Å². The minimum atomic E-state index is -4.87. The summed E-state index contributed by atoms with van der Waals surface area (Å²) in [6.07, 6.45) is -4.87. The lowest BCUT2D eigenvalue weighted by molar-refractivity contribution is -0.167. The van der Waals surface area contributed by atoms with Gasteiger partial charge in [-0.1, -0.05) is 32.0 Å². The van der Waals surface area contributed by atoms with Crippen LogP contribution < -0.4 is 5.32 Å². The van der Waals surface area contributed by atoms with Gasteiger partial charge in [0.2, 0.25) is 0 Å². The summed E-state index contributed by atoms with van der Waals surface area (Å²) in [6, 6.07) is 6.52. The van der Waals surface area contributed by atoms with Gasteiger partial charge in [0.05, 0.1) is 0 Å². The second kappa shape index (κ2) is 6.56. The van der Waals surface area contributed by atoms with E-state index in [1.807, 2.05) is 19.2 Å². The normalized spacial score (nSPS) is 11.7. The zero-order valence-corrected chi connectivity index (χ0v) is 10.9. The fourth-order valence-electron chi connectivity index (χ4n) is 1.66. The Morgan fingerprint density at radius 3 is 2.32 bits per heavy atom. The molecule has 0 atom stereocenters. The molecule has 1 N–H and O–H groups in total. The Hall–Kier alpha value is -1.56. The summed E-state index contributed by atoms with van der Waals surface area (Å²) < 4.78 is 36.7. The Morgan fingerprint density at radius 2 is 1.79 bits per heavy atom. The predicted octanol–water partition coefficient (Wildman–Crippen LogP) is 3.03. The van der Waals surface area contributed by atoms with Crippen LogP contribution in [0.2, 0.25) is 0 Å². The van der Waals surface area contributed by atoms with Crippen LogP contribution in [0.25, 0.3) is 0 Å². The molecule has 0 aliphatic rings. The average molecular weight is 274 g/mol. The van der Waals surface area contributed by atoms with Gasteiger partial charge < -0.3 is 5.32 Å². The molecule has 1 aromatic carbocycles. The van der Waals surface area contributed by atoms with Crippen molar-refractivity contribution in [2.45, 2.75) is 26.6 Å². The first kappa shape index (κ1) is 15.5. The van der Waals surface area contributed by atoms with Gasteiger partial charge in [-0.3, -0.25) is 9.69 Å². The van der Waals surface area contributed by atoms with Gasteiger partial charge in [0.15, 0.2) is 0 Å². The molecule has 0 heterocycles. The molecule has 1 amide bonds. The van der Waals surface area contributed by atoms with E-state index in [0.29, 0.717) is 12.1 Å². The molecule has 1 aromatic rings. The number of carbonyl (C=O) groups excluding carboxylic acids is 1. The van der Waals surface area contributed by atoms with E-state index < -0.39 is 12.1 Å². The van der Waals surface area contributed by atoms with Gasteiger partial charge in [0, 0.05) is 12.2 Å². The number of alkyl halides is 3. The van der Waals surface area contributed by atoms with Crippen LogP contribution >= 0.6 is 0 Å². The fraction of sp³-hybridized carbons (Fsp3) is 0.462. The molecule has 0 unspecified atom stereocenters. The van der Waals surface area contributed by atoms with Crippen molar-refractivity contribution < 1.29 is 18.0 Å². The Labute approximate surface area is 110 Å². The first-order valence-corrected chi connectivity index (χ1v) is 6.06. The van der Waals surface area contributed by atoms with Gasteiger partial charge in [-0.05, 0) is 24.7 Å². The lowest BCUT2D eigenvalue weighted by Crippen LogP contribution is -2.31. The number of hydrogen-bond donors (Lipinski definition) is 1. The summed E-state index contributed by atoms with van der Waals surface area (Å²) >= 11 is 0. The van der Waals surface area contributed by atoms with Gasteiger partial charge >= 0.3 is 12.1 Å². The molecule has 106 valence electrons. The molecule has 6 heteroatoms. The first-order valence-electron chi connectivity index (χ1n) is 6.06. The van der Waals surface area contributed by atoms with E-state index in [9.17, 15) is 18.0 Å². The first-order chi connectivity index (χ1) is 8.88. The van der Waals surface area contributed by atoms with Crippen molar-refractivity contribution in [1.29, 1.82) is 0 Å². The average Bonchev–Trinajstić information content (AvgIpc) is 2.36. The molecule has 3 nitrogen and oxygen atoms in total. The highest BCUT2D eigenvalue weighted by molar-refractivity contribution is 5.95. The summed E-state index contributed by atoms with van der Waals surface area (Å²) in [6.45, 7) is 6.03. The smallest absolute Gasteiger partial charge is 0.318 e. The second-order valence-electron chi connectivity index (χ2n) is 4.07. The number of carbonyl (C=O) groups is 1. The molecule has 0 radical (unpaired) electrons. The van der Waals surface area contributed by atoms with E-state index in [1.54, 1.807) is 18.2 Å². The molecular weight excluding hydrogens is 257 g/mol. The van der Waals surface area contributed by atoms with Gasteiger partial charge in [0.1, 0.15) is 0 Å². The molecular formula is C13H17F3N2O. The van der Waals surface area contributed by atoms with E-state index in [1.165, 1.54) is 6.07 Å². The number of hydrogen-bond acceptors (Lipinski definition) is 2. The van der Waals surface area contributed by atoms with Crippen LogP contribution in [0.1, 0.15) is 19.4 Å². The maximum absolute atomic E-state index is 12.2. The summed E-state index contributed by atoms with van der Waals surface area (Å²) in [7, 11) is 0. The van der Waals surface area contributed by atoms with Crippen LogP contribution in [0.3, 0.4) is 0 Å². The largest absolute Gasteiger partial charge is 0.471 e. The summed E-state index contributed by atoms with van der Waals surface area (Å²) in [5.74, 6) is -1.94. The van der Waals surface area contributed by atoms with Gasteiger partial charge in [0.25, 0.3) is 0 Å². The summed E-state index contributed by atoms with van der Waals surface area (Å²) in [5, 5.41) is 1.91. The molecule has 19 heavy (non-hydrogen) atoms. The van der Waals surface area contributed by atoms with Crippen LogP contribution in [0.15, 0.2) is 24.3 Å². The molecule has 0 bridgehead atoms. The van der Waals surface area contributed by atoms with Crippen LogP contribution in [0.5, 0.6) is 0 Å². The number of para-hydroxylation sites is 1. The van der Waals surface area contributed by atoms with Crippen molar-refractivity contribution in [3.05, 3.63) is 29.8 Å². The minimum absolute atomic E-state index is 0.205. The van der Waals surface area contributed by atoms with Crippen molar-refractivity contribution in [3.8, 4) is 0 Å². The van der Waals surface area contributed by atoms with E-state index in [0.717, 1.165) is 13.1 Å². The summed E-state index contributed by atoms with van der Waals surface area (Å²) in [4.78, 5) is 13.0. The topological polar surface area (TPSA) is 32.3 Å². The number of amides is 1. The Kier molecular flexibility index (Phi) is 5.35. The Bertz CT molecular complexity index is 428. The minimum Gasteiger partial charge on any atom is -0.318 e. The van der Waals surface area contributed by atoms with E-state index in [-0.39, 0.29) is 5.69 Å². The molecule has 0 aliphatic carbocycles. The van der Waals surface area contributed by atoms with E-state index in [4.69, 9.17) is 0 Å². The molecule has 0 aliphatic heterocycles. The standard InChI is InChI=1S/C13H17F3N2O/c1-3-18(4-2)9-10-7-5-6-8-11(10)17-12(19)13(14,15)16/h5-8H,3-4,9H2,1-2H3,(H,17,19). The third-order valence-corrected chi connectivity index (χ3v) is 2.81. The van der Waals surface area contributed by atoms with Crippen molar-refractivity contribution in [2.75, 3.05) is 18.4 Å².